The molecule has 0 rings (SSSR count). The third-order valence-corrected chi connectivity index (χ3v) is 16.9. The molecule has 0 aromatic carbocycles. The molecule has 0 spiro atoms. The Morgan fingerprint density at radius 3 is 1.05 bits per heavy atom. The van der Waals surface area contributed by atoms with Gasteiger partial charge in [0, 0.05) is 18.1 Å². The number of unbranched alkanes of at least 4 members (excludes halogenated alkanes) is 30. The highest BCUT2D eigenvalue weighted by Gasteiger charge is 2.33. The average Bonchev–Trinajstić information content (AvgIpc) is 3.55. The highest BCUT2D eigenvalue weighted by molar-refractivity contribution is 7.99. The minimum absolute atomic E-state index is 0.115. The van der Waals surface area contributed by atoms with E-state index in [1.165, 1.54) is 147 Å². The van der Waals surface area contributed by atoms with Crippen LogP contribution in [-0.4, -0.2) is 152 Å². The minimum atomic E-state index is -1.44. The lowest BCUT2D eigenvalue weighted by Crippen LogP contribution is -2.60. The predicted octanol–water partition coefficient (Wildman–Crippen LogP) is 8.38. The van der Waals surface area contributed by atoms with Gasteiger partial charge in [-0.2, -0.15) is 11.8 Å². The molecule has 0 heterocycles. The van der Waals surface area contributed by atoms with Crippen LogP contribution in [0.1, 0.15) is 271 Å². The van der Waals surface area contributed by atoms with Crippen molar-refractivity contribution in [1.82, 2.24) is 37.2 Å². The molecule has 0 bridgehead atoms. The molecule has 0 saturated heterocycles. The number of carboxylic acids is 1. The lowest BCUT2D eigenvalue weighted by molar-refractivity contribution is -0.142. The van der Waals surface area contributed by atoms with Crippen LogP contribution in [0.2, 0.25) is 0 Å². The molecule has 6 atom stereocenters. The number of aliphatic hydroxyl groups is 1. The number of aliphatic carboxylic acids is 1. The van der Waals surface area contributed by atoms with Crippen molar-refractivity contribution < 1.29 is 48.5 Å². The largest absolute Gasteiger partial charge is 0.480 e. The molecule has 0 aliphatic rings. The van der Waals surface area contributed by atoms with E-state index >= 15 is 0 Å². The number of rotatable bonds is 64. The van der Waals surface area contributed by atoms with Gasteiger partial charge in [-0.15, -0.1) is 0 Å². The van der Waals surface area contributed by atoms with Crippen LogP contribution in [0.4, 0.5) is 4.79 Å². The molecule has 0 fully saturated rings. The molecule has 22 heteroatoms. The van der Waals surface area contributed by atoms with E-state index in [0.29, 0.717) is 109 Å². The molecule has 0 aliphatic carbocycles. The maximum atomic E-state index is 14.2. The smallest absolute Gasteiger partial charge is 0.407 e. The van der Waals surface area contributed by atoms with Crippen molar-refractivity contribution in [2.45, 2.75) is 307 Å². The molecule has 0 aliphatic heterocycles. The van der Waals surface area contributed by atoms with Gasteiger partial charge in [0.2, 0.25) is 29.5 Å². The Morgan fingerprint density at radius 1 is 0.379 bits per heavy atom. The Hall–Kier alpha value is -3.80. The van der Waals surface area contributed by atoms with E-state index in [-0.39, 0.29) is 25.7 Å². The number of aliphatic hydroxyl groups excluding tert-OH is 1. The zero-order valence-electron chi connectivity index (χ0n) is 54.7. The van der Waals surface area contributed by atoms with Gasteiger partial charge < -0.3 is 75.1 Å². The predicted molar refractivity (Wildman–Crippen MR) is 355 cm³/mol. The second-order valence-electron chi connectivity index (χ2n) is 23.8. The molecule has 21 nitrogen and oxygen atoms in total. The van der Waals surface area contributed by atoms with Gasteiger partial charge in [0.1, 0.15) is 30.2 Å². The number of amides is 6. The number of carbonyl (C=O) groups excluding carboxylic acids is 6. The fourth-order valence-electron chi connectivity index (χ4n) is 10.4. The van der Waals surface area contributed by atoms with Crippen LogP contribution in [-0.2, 0) is 33.5 Å². The molecular weight excluding hydrogens is 1130 g/mol. The zero-order chi connectivity index (χ0) is 64.2. The van der Waals surface area contributed by atoms with Crippen LogP contribution < -0.4 is 60.2 Å². The van der Waals surface area contributed by atoms with E-state index in [2.05, 4.69) is 51.1 Å². The Morgan fingerprint density at radius 2 is 0.690 bits per heavy atom. The number of thioether (sulfide) groups is 1. The standard InChI is InChI=1S/C65H129N11O10S/c1-3-5-7-9-11-13-15-17-19-21-23-25-27-37-47-70-58(52-87-50-48-71-65(85)86-49-38-28-26-24-22-20-18-16-14-12-10-8-6-4-2)63(82)76-57(51-77)62(81)74-54(40-30-34-44-67)60(79)72-53(39-29-33-43-66)59(78)73-55(41-31-35-45-68)61(80)75-56(64(83)84)42-32-36-46-69/h53-58,70,77H,3-52,66-69H2,1-2H3,(H,71,85)(H,72,79)(H,73,78)(H,74,81)(H,75,80)(H,76,82)(H,83,84)/t53-,54-,55-,56-,57+,58+/m0/s1. The topological polar surface area (TPSA) is 357 Å². The van der Waals surface area contributed by atoms with Crippen molar-refractivity contribution in [3.05, 3.63) is 0 Å². The number of hydrogen-bond donors (Lipinski definition) is 13. The minimum Gasteiger partial charge on any atom is -0.480 e. The van der Waals surface area contributed by atoms with Gasteiger partial charge >= 0.3 is 12.1 Å². The van der Waals surface area contributed by atoms with Crippen LogP contribution >= 0.6 is 11.8 Å². The lowest BCUT2D eigenvalue weighted by Gasteiger charge is -2.27. The highest BCUT2D eigenvalue weighted by atomic mass is 32.2. The first-order valence-electron chi connectivity index (χ1n) is 34.7. The summed E-state index contributed by atoms with van der Waals surface area (Å²) in [4.78, 5) is 94.5. The number of carbonyl (C=O) groups is 7. The first kappa shape index (κ1) is 83.2. The van der Waals surface area contributed by atoms with Crippen molar-refractivity contribution in [2.75, 3.05) is 64.0 Å². The van der Waals surface area contributed by atoms with Crippen LogP contribution in [0, 0.1) is 0 Å². The summed E-state index contributed by atoms with van der Waals surface area (Å²) < 4.78 is 5.43. The van der Waals surface area contributed by atoms with Gasteiger partial charge in [-0.25, -0.2) is 9.59 Å². The Balaban J connectivity index is 5.81. The molecule has 0 radical (unpaired) electrons. The third kappa shape index (κ3) is 48.7. The van der Waals surface area contributed by atoms with Gasteiger partial charge in [-0.1, -0.05) is 181 Å². The Labute approximate surface area is 530 Å². The van der Waals surface area contributed by atoms with Crippen molar-refractivity contribution >= 4 is 53.4 Å². The van der Waals surface area contributed by atoms with Gasteiger partial charge in [0.15, 0.2) is 0 Å². The van der Waals surface area contributed by atoms with Gasteiger partial charge in [-0.3, -0.25) is 24.0 Å². The number of nitrogens with one attached hydrogen (secondary N) is 7. The summed E-state index contributed by atoms with van der Waals surface area (Å²) in [7, 11) is 0. The van der Waals surface area contributed by atoms with E-state index in [1.54, 1.807) is 0 Å². The molecular formula is C65H129N11O10S. The summed E-state index contributed by atoms with van der Waals surface area (Å²) in [5.41, 5.74) is 22.9. The first-order valence-corrected chi connectivity index (χ1v) is 35.9. The Bertz CT molecular complexity index is 1710. The molecule has 0 aromatic rings. The molecule has 0 aromatic heterocycles. The molecule has 0 saturated carbocycles. The van der Waals surface area contributed by atoms with Crippen molar-refractivity contribution in [3.8, 4) is 0 Å². The van der Waals surface area contributed by atoms with Crippen LogP contribution in [0.25, 0.3) is 0 Å². The molecule has 0 unspecified atom stereocenters. The van der Waals surface area contributed by atoms with Crippen LogP contribution in [0.3, 0.4) is 0 Å². The number of carboxylic acid groups (broad SMARTS) is 1. The van der Waals surface area contributed by atoms with E-state index in [4.69, 9.17) is 27.7 Å². The summed E-state index contributed by atoms with van der Waals surface area (Å²) in [5, 5.41) is 40.1. The first-order chi connectivity index (χ1) is 42.3. The van der Waals surface area contributed by atoms with Crippen molar-refractivity contribution in [1.29, 1.82) is 0 Å². The monoisotopic (exact) mass is 1260 g/mol. The second kappa shape index (κ2) is 61.1. The summed E-state index contributed by atoms with van der Waals surface area (Å²) in [6, 6.07) is -6.93. The quantitative estimate of drug-likeness (QED) is 0.0254. The summed E-state index contributed by atoms with van der Waals surface area (Å²) in [5.74, 6) is -3.83. The summed E-state index contributed by atoms with van der Waals surface area (Å²) >= 11 is 1.45. The normalized spacial score (nSPS) is 13.4. The number of alkyl carbamates (subject to hydrolysis) is 1. The van der Waals surface area contributed by atoms with Crippen LogP contribution in [0.15, 0.2) is 0 Å². The molecule has 87 heavy (non-hydrogen) atoms. The highest BCUT2D eigenvalue weighted by Crippen LogP contribution is 2.16. The van der Waals surface area contributed by atoms with Gasteiger partial charge in [0.25, 0.3) is 0 Å². The molecule has 17 N–H and O–H groups in total. The molecule has 6 amide bonds. The average molecular weight is 1260 g/mol. The lowest BCUT2D eigenvalue weighted by atomic mass is 10.0. The number of hydrogen-bond acceptors (Lipinski definition) is 15. The fraction of sp³-hybridized carbons (Fsp3) is 0.892. The van der Waals surface area contributed by atoms with Crippen molar-refractivity contribution in [3.63, 3.8) is 0 Å². The maximum absolute atomic E-state index is 14.2. The zero-order valence-corrected chi connectivity index (χ0v) is 55.5. The van der Waals surface area contributed by atoms with Gasteiger partial charge in [0.05, 0.1) is 19.3 Å². The number of ether oxygens (including phenoxy) is 1. The molecule has 510 valence electrons. The summed E-state index contributed by atoms with van der Waals surface area (Å²) in [6.45, 7) is 6.31. The van der Waals surface area contributed by atoms with E-state index < -0.39 is 84.5 Å². The van der Waals surface area contributed by atoms with E-state index in [0.717, 1.165) is 44.9 Å². The van der Waals surface area contributed by atoms with E-state index in [1.807, 2.05) is 0 Å². The third-order valence-electron chi connectivity index (χ3n) is 15.9. The van der Waals surface area contributed by atoms with Gasteiger partial charge in [-0.05, 0) is 123 Å². The van der Waals surface area contributed by atoms with E-state index in [9.17, 15) is 43.8 Å². The number of nitrogens with two attached hydrogens (primary N) is 4. The Kier molecular flexibility index (Phi) is 58.4. The summed E-state index contributed by atoms with van der Waals surface area (Å²) in [6.07, 6.45) is 38.5. The second-order valence-corrected chi connectivity index (χ2v) is 25.0. The SMILES string of the molecule is CCCCCCCCCCCCCCCCN[C@H](CSCCNC(=O)OCCCCCCCCCCCCCCCC)C(=O)N[C@H](CO)C(=O)N[C@@H](CCCCN)C(=O)N[C@@H](CCCCN)C(=O)N[C@@H](CCCCN)C(=O)N[C@@H](CCCCN)C(=O)O. The van der Waals surface area contributed by atoms with Crippen molar-refractivity contribution in [2.24, 2.45) is 22.9 Å². The van der Waals surface area contributed by atoms with Crippen LogP contribution in [0.5, 0.6) is 0 Å². The maximum Gasteiger partial charge on any atom is 0.407 e. The fourth-order valence-corrected chi connectivity index (χ4v) is 11.3.